The average Bonchev–Trinajstić information content (AvgIpc) is 2.35. The Labute approximate surface area is 104 Å². The molecule has 0 aliphatic rings. The molecule has 1 N–H and O–H groups in total. The van der Waals surface area contributed by atoms with Crippen molar-refractivity contribution in [2.24, 2.45) is 0 Å². The minimum Gasteiger partial charge on any atom is -0.384 e. The van der Waals surface area contributed by atoms with Gasteiger partial charge in [-0.05, 0) is 30.8 Å². The maximum absolute atomic E-state index is 5.74. The van der Waals surface area contributed by atoms with Gasteiger partial charge in [0.05, 0.1) is 0 Å². The molecule has 3 heteroatoms. The first-order valence-electron chi connectivity index (χ1n) is 5.91. The van der Waals surface area contributed by atoms with Crippen LogP contribution in [-0.4, -0.2) is 31.1 Å². The number of hydrogen-bond acceptors (Lipinski definition) is 2. The van der Waals surface area contributed by atoms with E-state index in [1.165, 1.54) is 5.69 Å². The van der Waals surface area contributed by atoms with Crippen molar-refractivity contribution in [3.8, 4) is 0 Å². The summed E-state index contributed by atoms with van der Waals surface area (Å²) in [4.78, 5) is 2.40. The summed E-state index contributed by atoms with van der Waals surface area (Å²) in [5.74, 6) is 0.583. The van der Waals surface area contributed by atoms with Crippen LogP contribution in [0.3, 0.4) is 0 Å². The highest BCUT2D eigenvalue weighted by Crippen LogP contribution is 2.10. The van der Waals surface area contributed by atoms with Crippen LogP contribution in [0.5, 0.6) is 0 Å². The molecule has 0 saturated carbocycles. The number of nitrogens with one attached hydrogen (secondary N) is 1. The number of likely N-dealkylation sites (N-methyl/N-ethyl adjacent to an activating group) is 1. The van der Waals surface area contributed by atoms with Crippen molar-refractivity contribution in [3.05, 3.63) is 29.8 Å². The maximum Gasteiger partial charge on any atom is 0.0474 e. The Hall–Kier alpha value is -0.730. The van der Waals surface area contributed by atoms with Crippen molar-refractivity contribution in [2.75, 3.05) is 31.5 Å². The van der Waals surface area contributed by atoms with E-state index in [9.17, 15) is 0 Å². The van der Waals surface area contributed by atoms with Crippen LogP contribution in [0.4, 0.5) is 5.69 Å². The third kappa shape index (κ3) is 4.42. The first-order chi connectivity index (χ1) is 7.80. The smallest absolute Gasteiger partial charge is 0.0474 e. The van der Waals surface area contributed by atoms with Crippen LogP contribution in [-0.2, 0) is 5.88 Å². The van der Waals surface area contributed by atoms with Crippen molar-refractivity contribution in [3.63, 3.8) is 0 Å². The molecule has 0 saturated heterocycles. The second-order valence-corrected chi connectivity index (χ2v) is 4.05. The Morgan fingerprint density at radius 1 is 1.12 bits per heavy atom. The predicted molar refractivity (Wildman–Crippen MR) is 72.3 cm³/mol. The number of anilines is 1. The van der Waals surface area contributed by atoms with Crippen molar-refractivity contribution in [1.29, 1.82) is 0 Å². The number of hydrogen-bond donors (Lipinski definition) is 1. The summed E-state index contributed by atoms with van der Waals surface area (Å²) in [5, 5.41) is 3.41. The lowest BCUT2D eigenvalue weighted by Crippen LogP contribution is -2.28. The highest BCUT2D eigenvalue weighted by atomic mass is 35.5. The number of alkyl halides is 1. The average molecular weight is 241 g/mol. The van der Waals surface area contributed by atoms with E-state index in [0.717, 1.165) is 31.7 Å². The molecule has 0 fully saturated rings. The molecule has 0 aliphatic heterocycles. The SMILES string of the molecule is CCN(CC)CCNc1ccc(CCl)cc1. The molecule has 2 nitrogen and oxygen atoms in total. The zero-order valence-electron chi connectivity index (χ0n) is 10.2. The van der Waals surface area contributed by atoms with E-state index in [-0.39, 0.29) is 0 Å². The summed E-state index contributed by atoms with van der Waals surface area (Å²) >= 11 is 5.74. The lowest BCUT2D eigenvalue weighted by molar-refractivity contribution is 0.316. The largest absolute Gasteiger partial charge is 0.384 e. The Balaban J connectivity index is 2.31. The number of benzene rings is 1. The zero-order valence-corrected chi connectivity index (χ0v) is 10.9. The summed E-state index contributed by atoms with van der Waals surface area (Å²) in [6, 6.07) is 8.29. The summed E-state index contributed by atoms with van der Waals surface area (Å²) in [5.41, 5.74) is 2.33. The van der Waals surface area contributed by atoms with Gasteiger partial charge in [-0.25, -0.2) is 0 Å². The third-order valence-corrected chi connectivity index (χ3v) is 3.07. The van der Waals surface area contributed by atoms with E-state index in [0.29, 0.717) is 5.88 Å². The molecule has 1 aromatic rings. The topological polar surface area (TPSA) is 15.3 Å². The minimum atomic E-state index is 0.583. The fourth-order valence-electron chi connectivity index (χ4n) is 1.61. The van der Waals surface area contributed by atoms with Gasteiger partial charge in [0.15, 0.2) is 0 Å². The Morgan fingerprint density at radius 2 is 1.75 bits per heavy atom. The van der Waals surface area contributed by atoms with Crippen molar-refractivity contribution < 1.29 is 0 Å². The molecular weight excluding hydrogens is 220 g/mol. The summed E-state index contributed by atoms with van der Waals surface area (Å²) in [7, 11) is 0. The van der Waals surface area contributed by atoms with Gasteiger partial charge >= 0.3 is 0 Å². The van der Waals surface area contributed by atoms with Crippen LogP contribution >= 0.6 is 11.6 Å². The summed E-state index contributed by atoms with van der Waals surface area (Å²) < 4.78 is 0. The van der Waals surface area contributed by atoms with Gasteiger partial charge < -0.3 is 10.2 Å². The second-order valence-electron chi connectivity index (χ2n) is 3.78. The maximum atomic E-state index is 5.74. The number of rotatable bonds is 7. The first kappa shape index (κ1) is 13.3. The predicted octanol–water partition coefficient (Wildman–Crippen LogP) is 3.18. The third-order valence-electron chi connectivity index (χ3n) is 2.76. The molecular formula is C13H21ClN2. The van der Waals surface area contributed by atoms with Gasteiger partial charge in [0.2, 0.25) is 0 Å². The highest BCUT2D eigenvalue weighted by molar-refractivity contribution is 6.17. The lowest BCUT2D eigenvalue weighted by atomic mass is 10.2. The Morgan fingerprint density at radius 3 is 2.25 bits per heavy atom. The summed E-state index contributed by atoms with van der Waals surface area (Å²) in [6.45, 7) is 8.69. The van der Waals surface area contributed by atoms with Crippen LogP contribution in [0, 0.1) is 0 Å². The molecule has 16 heavy (non-hydrogen) atoms. The molecule has 0 heterocycles. The number of nitrogens with zero attached hydrogens (tertiary/aromatic N) is 1. The molecule has 0 spiro atoms. The molecule has 0 amide bonds. The molecule has 0 atom stereocenters. The molecule has 0 aliphatic carbocycles. The molecule has 90 valence electrons. The van der Waals surface area contributed by atoms with Gasteiger partial charge in [-0.2, -0.15) is 0 Å². The van der Waals surface area contributed by atoms with Crippen molar-refractivity contribution in [2.45, 2.75) is 19.7 Å². The molecule has 1 rings (SSSR count). The van der Waals surface area contributed by atoms with E-state index >= 15 is 0 Å². The van der Waals surface area contributed by atoms with Crippen LogP contribution in [0.15, 0.2) is 24.3 Å². The van der Waals surface area contributed by atoms with Crippen molar-refractivity contribution >= 4 is 17.3 Å². The molecule has 0 unspecified atom stereocenters. The van der Waals surface area contributed by atoms with Gasteiger partial charge in [0.1, 0.15) is 0 Å². The minimum absolute atomic E-state index is 0.583. The summed E-state index contributed by atoms with van der Waals surface area (Å²) in [6.07, 6.45) is 0. The van der Waals surface area contributed by atoms with Crippen molar-refractivity contribution in [1.82, 2.24) is 4.90 Å². The zero-order chi connectivity index (χ0) is 11.8. The Kier molecular flexibility index (Phi) is 6.27. The highest BCUT2D eigenvalue weighted by Gasteiger charge is 1.98. The number of halogens is 1. The lowest BCUT2D eigenvalue weighted by Gasteiger charge is -2.18. The monoisotopic (exact) mass is 240 g/mol. The van der Waals surface area contributed by atoms with Gasteiger partial charge in [-0.15, -0.1) is 11.6 Å². The van der Waals surface area contributed by atoms with Gasteiger partial charge in [0, 0.05) is 24.7 Å². The normalized spacial score (nSPS) is 10.8. The van der Waals surface area contributed by atoms with E-state index in [1.54, 1.807) is 0 Å². The van der Waals surface area contributed by atoms with Gasteiger partial charge in [-0.3, -0.25) is 0 Å². The van der Waals surface area contributed by atoms with E-state index in [2.05, 4.69) is 48.3 Å². The van der Waals surface area contributed by atoms with Gasteiger partial charge in [-0.1, -0.05) is 26.0 Å². The van der Waals surface area contributed by atoms with E-state index in [4.69, 9.17) is 11.6 Å². The van der Waals surface area contributed by atoms with Crippen LogP contribution < -0.4 is 5.32 Å². The fraction of sp³-hybridized carbons (Fsp3) is 0.538. The second kappa shape index (κ2) is 7.53. The van der Waals surface area contributed by atoms with Gasteiger partial charge in [0.25, 0.3) is 0 Å². The van der Waals surface area contributed by atoms with Crippen LogP contribution in [0.25, 0.3) is 0 Å². The first-order valence-corrected chi connectivity index (χ1v) is 6.44. The molecule has 0 radical (unpaired) electrons. The van der Waals surface area contributed by atoms with Crippen LogP contribution in [0.2, 0.25) is 0 Å². The molecule has 0 aromatic heterocycles. The van der Waals surface area contributed by atoms with E-state index in [1.807, 2.05) is 0 Å². The quantitative estimate of drug-likeness (QED) is 0.737. The standard InChI is InChI=1S/C13H21ClN2/c1-3-16(4-2)10-9-15-13-7-5-12(11-14)6-8-13/h5-8,15H,3-4,9-11H2,1-2H3. The fourth-order valence-corrected chi connectivity index (χ4v) is 1.79. The molecule has 0 bridgehead atoms. The molecule has 1 aromatic carbocycles. The van der Waals surface area contributed by atoms with E-state index < -0.39 is 0 Å². The van der Waals surface area contributed by atoms with Crippen LogP contribution in [0.1, 0.15) is 19.4 Å². The Bertz CT molecular complexity index is 280.